The van der Waals surface area contributed by atoms with Crippen molar-refractivity contribution in [3.05, 3.63) is 0 Å². The molecule has 0 radical (unpaired) electrons. The topological polar surface area (TPSA) is 0 Å². The monoisotopic (exact) mass is 292 g/mol. The van der Waals surface area contributed by atoms with Crippen LogP contribution in [0.1, 0.15) is 116 Å². The van der Waals surface area contributed by atoms with E-state index in [-0.39, 0.29) is 0 Å². The van der Waals surface area contributed by atoms with Gasteiger partial charge < -0.3 is 0 Å². The lowest BCUT2D eigenvalue weighted by Gasteiger charge is -2.34. The van der Waals surface area contributed by atoms with Crippen molar-refractivity contribution in [1.29, 1.82) is 0 Å². The molecular formula is C21H40. The zero-order valence-corrected chi connectivity index (χ0v) is 14.8. The third-order valence-electron chi connectivity index (χ3n) is 6.40. The fourth-order valence-corrected chi connectivity index (χ4v) is 5.14. The van der Waals surface area contributed by atoms with Gasteiger partial charge in [0.15, 0.2) is 0 Å². The minimum absolute atomic E-state index is 1.11. The molecule has 0 heterocycles. The molecule has 0 aromatic rings. The first-order valence-corrected chi connectivity index (χ1v) is 10.4. The van der Waals surface area contributed by atoms with Crippen LogP contribution >= 0.6 is 0 Å². The Morgan fingerprint density at radius 3 is 1.67 bits per heavy atom. The Hall–Kier alpha value is 0. The average molecular weight is 293 g/mol. The predicted molar refractivity (Wildman–Crippen MR) is 94.6 cm³/mol. The molecule has 2 aliphatic rings. The van der Waals surface area contributed by atoms with Crippen molar-refractivity contribution in [2.75, 3.05) is 0 Å². The summed E-state index contributed by atoms with van der Waals surface area (Å²) >= 11 is 0. The van der Waals surface area contributed by atoms with Gasteiger partial charge in [0.1, 0.15) is 0 Å². The van der Waals surface area contributed by atoms with Gasteiger partial charge in [0.2, 0.25) is 0 Å². The number of hydrogen-bond acceptors (Lipinski definition) is 0. The van der Waals surface area contributed by atoms with Crippen molar-refractivity contribution < 1.29 is 0 Å². The van der Waals surface area contributed by atoms with E-state index in [0.717, 1.165) is 17.8 Å². The largest absolute Gasteiger partial charge is 0.0654 e. The van der Waals surface area contributed by atoms with Gasteiger partial charge in [-0.15, -0.1) is 0 Å². The summed E-state index contributed by atoms with van der Waals surface area (Å²) in [6.07, 6.45) is 25.8. The molecule has 0 nitrogen and oxygen atoms in total. The Morgan fingerprint density at radius 2 is 1.10 bits per heavy atom. The first-order chi connectivity index (χ1) is 10.4. The van der Waals surface area contributed by atoms with Gasteiger partial charge in [0.05, 0.1) is 0 Å². The summed E-state index contributed by atoms with van der Waals surface area (Å²) in [6.45, 7) is 2.32. The van der Waals surface area contributed by atoms with Crippen molar-refractivity contribution in [1.82, 2.24) is 0 Å². The highest BCUT2D eigenvalue weighted by Gasteiger charge is 2.31. The van der Waals surface area contributed by atoms with Crippen molar-refractivity contribution in [3.63, 3.8) is 0 Å². The SMILES string of the molecule is CCCCCCCCCC(C1CCCCC1)C1CCCC1. The van der Waals surface area contributed by atoms with E-state index in [0.29, 0.717) is 0 Å². The van der Waals surface area contributed by atoms with Gasteiger partial charge in [-0.1, -0.05) is 110 Å². The summed E-state index contributed by atoms with van der Waals surface area (Å²) in [5.41, 5.74) is 0. The molecule has 2 fully saturated rings. The molecular weight excluding hydrogens is 252 g/mol. The summed E-state index contributed by atoms with van der Waals surface area (Å²) in [5.74, 6) is 3.35. The second kappa shape index (κ2) is 10.7. The van der Waals surface area contributed by atoms with E-state index < -0.39 is 0 Å². The van der Waals surface area contributed by atoms with Crippen LogP contribution in [0.5, 0.6) is 0 Å². The second-order valence-electron chi connectivity index (χ2n) is 8.02. The molecule has 0 N–H and O–H groups in total. The van der Waals surface area contributed by atoms with Crippen LogP contribution in [0.2, 0.25) is 0 Å². The van der Waals surface area contributed by atoms with Gasteiger partial charge in [0.25, 0.3) is 0 Å². The Bertz CT molecular complexity index is 232. The Kier molecular flexibility index (Phi) is 8.83. The third kappa shape index (κ3) is 6.33. The minimum atomic E-state index is 1.11. The predicted octanol–water partition coefficient (Wildman–Crippen LogP) is 7.51. The fourth-order valence-electron chi connectivity index (χ4n) is 5.14. The van der Waals surface area contributed by atoms with Crippen LogP contribution in [0.15, 0.2) is 0 Å². The van der Waals surface area contributed by atoms with Gasteiger partial charge in [-0.3, -0.25) is 0 Å². The number of unbranched alkanes of at least 4 members (excludes halogenated alkanes) is 6. The van der Waals surface area contributed by atoms with Crippen molar-refractivity contribution in [2.24, 2.45) is 17.8 Å². The molecule has 21 heavy (non-hydrogen) atoms. The van der Waals surface area contributed by atoms with Crippen LogP contribution in [0.4, 0.5) is 0 Å². The van der Waals surface area contributed by atoms with Gasteiger partial charge in [0, 0.05) is 0 Å². The average Bonchev–Trinajstić information content (AvgIpc) is 3.05. The van der Waals surface area contributed by atoms with E-state index >= 15 is 0 Å². The molecule has 0 amide bonds. The molecule has 124 valence electrons. The lowest BCUT2D eigenvalue weighted by molar-refractivity contribution is 0.164. The highest BCUT2D eigenvalue weighted by atomic mass is 14.4. The molecule has 0 heteroatoms. The number of hydrogen-bond donors (Lipinski definition) is 0. The zero-order valence-electron chi connectivity index (χ0n) is 14.8. The molecule has 1 atom stereocenters. The summed E-state index contributed by atoms with van der Waals surface area (Å²) in [7, 11) is 0. The minimum Gasteiger partial charge on any atom is -0.0654 e. The molecule has 1 unspecified atom stereocenters. The first kappa shape index (κ1) is 17.4. The summed E-state index contributed by atoms with van der Waals surface area (Å²) in [6, 6.07) is 0. The van der Waals surface area contributed by atoms with Crippen LogP contribution < -0.4 is 0 Å². The molecule has 0 bridgehead atoms. The molecule has 0 aliphatic heterocycles. The smallest absolute Gasteiger partial charge is 0.0357 e. The third-order valence-corrected chi connectivity index (χ3v) is 6.40. The summed E-state index contributed by atoms with van der Waals surface area (Å²) in [4.78, 5) is 0. The molecule has 0 saturated heterocycles. The van der Waals surface area contributed by atoms with Crippen LogP contribution in [-0.4, -0.2) is 0 Å². The summed E-state index contributed by atoms with van der Waals surface area (Å²) in [5, 5.41) is 0. The Labute approximate surface area is 134 Å². The normalized spacial score (nSPS) is 22.7. The number of rotatable bonds is 10. The summed E-state index contributed by atoms with van der Waals surface area (Å²) < 4.78 is 0. The molecule has 0 aromatic carbocycles. The lowest BCUT2D eigenvalue weighted by Crippen LogP contribution is -2.24. The van der Waals surface area contributed by atoms with Gasteiger partial charge >= 0.3 is 0 Å². The van der Waals surface area contributed by atoms with E-state index in [4.69, 9.17) is 0 Å². The van der Waals surface area contributed by atoms with Gasteiger partial charge in [-0.25, -0.2) is 0 Å². The standard InChI is InChI=1S/C21H40/c1-2-3-4-5-6-7-11-18-21(20-16-12-13-17-20)19-14-9-8-10-15-19/h19-21H,2-18H2,1H3. The molecule has 0 spiro atoms. The van der Waals surface area contributed by atoms with E-state index in [1.807, 2.05) is 0 Å². The molecule has 2 aliphatic carbocycles. The van der Waals surface area contributed by atoms with Crippen LogP contribution in [0.25, 0.3) is 0 Å². The zero-order chi connectivity index (χ0) is 14.8. The maximum Gasteiger partial charge on any atom is -0.0357 e. The second-order valence-corrected chi connectivity index (χ2v) is 8.02. The van der Waals surface area contributed by atoms with Crippen molar-refractivity contribution in [3.8, 4) is 0 Å². The maximum atomic E-state index is 2.32. The fraction of sp³-hybridized carbons (Fsp3) is 1.00. The molecule has 0 aromatic heterocycles. The highest BCUT2D eigenvalue weighted by Crippen LogP contribution is 2.43. The Balaban J connectivity index is 1.66. The molecule has 2 rings (SSSR count). The van der Waals surface area contributed by atoms with E-state index in [2.05, 4.69) is 6.92 Å². The van der Waals surface area contributed by atoms with E-state index in [9.17, 15) is 0 Å². The van der Waals surface area contributed by atoms with E-state index in [1.165, 1.54) is 77.0 Å². The van der Waals surface area contributed by atoms with Crippen LogP contribution in [0.3, 0.4) is 0 Å². The van der Waals surface area contributed by atoms with Crippen LogP contribution in [-0.2, 0) is 0 Å². The van der Waals surface area contributed by atoms with Crippen LogP contribution in [0, 0.1) is 17.8 Å². The Morgan fingerprint density at radius 1 is 0.619 bits per heavy atom. The van der Waals surface area contributed by atoms with E-state index in [1.54, 1.807) is 32.1 Å². The van der Waals surface area contributed by atoms with Crippen molar-refractivity contribution >= 4 is 0 Å². The van der Waals surface area contributed by atoms with Crippen molar-refractivity contribution in [2.45, 2.75) is 116 Å². The highest BCUT2D eigenvalue weighted by molar-refractivity contribution is 4.82. The van der Waals surface area contributed by atoms with Gasteiger partial charge in [-0.05, 0) is 24.2 Å². The molecule has 2 saturated carbocycles. The quantitative estimate of drug-likeness (QED) is 0.365. The lowest BCUT2D eigenvalue weighted by atomic mass is 9.71. The maximum absolute atomic E-state index is 2.32. The first-order valence-electron chi connectivity index (χ1n) is 10.4. The van der Waals surface area contributed by atoms with Gasteiger partial charge in [-0.2, -0.15) is 0 Å².